The zero-order valence-electron chi connectivity index (χ0n) is 15.6. The number of carboxylic acids is 1. The number of halogens is 1. The molecule has 0 bridgehead atoms. The van der Waals surface area contributed by atoms with E-state index in [1.165, 1.54) is 6.42 Å². The number of allylic oxidation sites excluding steroid dienone is 2. The maximum atomic E-state index is 12.5. The van der Waals surface area contributed by atoms with Crippen molar-refractivity contribution in [2.24, 2.45) is 17.8 Å². The molecule has 0 saturated heterocycles. The normalized spacial score (nSPS) is 22.5. The van der Waals surface area contributed by atoms with E-state index in [1.807, 2.05) is 6.08 Å². The Morgan fingerprint density at radius 1 is 0.929 bits per heavy atom. The first kappa shape index (κ1) is 20.4. The number of hydrogen-bond donors (Lipinski definition) is 3. The van der Waals surface area contributed by atoms with E-state index in [1.54, 1.807) is 24.3 Å². The molecule has 2 aliphatic carbocycles. The number of nitrogens with one attached hydrogen (secondary N) is 2. The van der Waals surface area contributed by atoms with E-state index >= 15 is 0 Å². The average Bonchev–Trinajstić information content (AvgIpc) is 2.70. The molecule has 6 nitrogen and oxygen atoms in total. The van der Waals surface area contributed by atoms with E-state index in [0.29, 0.717) is 29.2 Å². The lowest BCUT2D eigenvalue weighted by molar-refractivity contribution is -0.146. The van der Waals surface area contributed by atoms with Crippen molar-refractivity contribution in [3.8, 4) is 0 Å². The first-order valence-electron chi connectivity index (χ1n) is 9.75. The van der Waals surface area contributed by atoms with E-state index in [4.69, 9.17) is 11.6 Å². The van der Waals surface area contributed by atoms with Crippen LogP contribution in [0, 0.1) is 17.8 Å². The van der Waals surface area contributed by atoms with E-state index < -0.39 is 17.8 Å². The molecule has 0 aliphatic heterocycles. The third-order valence-electron chi connectivity index (χ3n) is 5.56. The molecule has 2 atom stereocenters. The number of benzene rings is 1. The molecule has 3 N–H and O–H groups in total. The van der Waals surface area contributed by atoms with Gasteiger partial charge in [-0.25, -0.2) is 0 Å². The van der Waals surface area contributed by atoms with Crippen LogP contribution >= 0.6 is 11.6 Å². The highest BCUT2D eigenvalue weighted by atomic mass is 35.5. The molecule has 7 heteroatoms. The highest BCUT2D eigenvalue weighted by molar-refractivity contribution is 6.34. The Morgan fingerprint density at radius 3 is 2.25 bits per heavy atom. The van der Waals surface area contributed by atoms with Crippen LogP contribution in [0.3, 0.4) is 0 Å². The van der Waals surface area contributed by atoms with Crippen molar-refractivity contribution in [3.63, 3.8) is 0 Å². The zero-order chi connectivity index (χ0) is 20.1. The van der Waals surface area contributed by atoms with Gasteiger partial charge in [0.2, 0.25) is 11.8 Å². The maximum Gasteiger partial charge on any atom is 0.307 e. The first-order chi connectivity index (χ1) is 13.5. The molecule has 1 fully saturated rings. The van der Waals surface area contributed by atoms with Crippen molar-refractivity contribution >= 4 is 40.8 Å². The van der Waals surface area contributed by atoms with Crippen LogP contribution in [0.2, 0.25) is 5.02 Å². The molecule has 28 heavy (non-hydrogen) atoms. The second-order valence-corrected chi connectivity index (χ2v) is 7.91. The van der Waals surface area contributed by atoms with E-state index in [-0.39, 0.29) is 17.7 Å². The van der Waals surface area contributed by atoms with Crippen molar-refractivity contribution in [3.05, 3.63) is 35.4 Å². The second kappa shape index (κ2) is 9.24. The lowest BCUT2D eigenvalue weighted by atomic mass is 9.82. The Balaban J connectivity index is 1.63. The predicted octanol–water partition coefficient (Wildman–Crippen LogP) is 4.46. The number of carbonyl (C=O) groups is 3. The Hall–Kier alpha value is -2.34. The second-order valence-electron chi connectivity index (χ2n) is 7.50. The molecular formula is C21H25ClN2O4. The number of hydrogen-bond acceptors (Lipinski definition) is 3. The highest BCUT2D eigenvalue weighted by Crippen LogP contribution is 2.31. The summed E-state index contributed by atoms with van der Waals surface area (Å²) in [5.41, 5.74) is 0.989. The van der Waals surface area contributed by atoms with Crippen LogP contribution in [-0.2, 0) is 14.4 Å². The number of carbonyl (C=O) groups excluding carboxylic acids is 2. The van der Waals surface area contributed by atoms with Crippen LogP contribution < -0.4 is 10.6 Å². The molecule has 3 rings (SSSR count). The fraction of sp³-hybridized carbons (Fsp3) is 0.476. The van der Waals surface area contributed by atoms with Gasteiger partial charge in [0, 0.05) is 11.6 Å². The fourth-order valence-electron chi connectivity index (χ4n) is 3.91. The predicted molar refractivity (Wildman–Crippen MR) is 108 cm³/mol. The van der Waals surface area contributed by atoms with Crippen LogP contribution in [-0.4, -0.2) is 22.9 Å². The van der Waals surface area contributed by atoms with Gasteiger partial charge in [-0.05, 0) is 43.9 Å². The van der Waals surface area contributed by atoms with Gasteiger partial charge < -0.3 is 15.7 Å². The van der Waals surface area contributed by atoms with Gasteiger partial charge in [0.25, 0.3) is 0 Å². The zero-order valence-corrected chi connectivity index (χ0v) is 16.4. The summed E-state index contributed by atoms with van der Waals surface area (Å²) in [6, 6.07) is 4.90. The Kier molecular flexibility index (Phi) is 6.73. The lowest BCUT2D eigenvalue weighted by Gasteiger charge is -2.24. The van der Waals surface area contributed by atoms with Crippen LogP contribution in [0.15, 0.2) is 30.4 Å². The van der Waals surface area contributed by atoms with E-state index in [2.05, 4.69) is 10.6 Å². The molecule has 0 aromatic heterocycles. The molecule has 2 amide bonds. The number of rotatable bonds is 5. The minimum absolute atomic E-state index is 0.0170. The summed E-state index contributed by atoms with van der Waals surface area (Å²) in [7, 11) is 0. The summed E-state index contributed by atoms with van der Waals surface area (Å²) in [6.45, 7) is 0. The van der Waals surface area contributed by atoms with E-state index in [0.717, 1.165) is 25.7 Å². The van der Waals surface area contributed by atoms with Gasteiger partial charge in [-0.1, -0.05) is 43.0 Å². The molecule has 0 spiro atoms. The third kappa shape index (κ3) is 4.93. The lowest BCUT2D eigenvalue weighted by Crippen LogP contribution is -2.34. The van der Waals surface area contributed by atoms with Gasteiger partial charge in [-0.2, -0.15) is 0 Å². The summed E-state index contributed by atoms with van der Waals surface area (Å²) in [4.78, 5) is 36.3. The molecule has 150 valence electrons. The van der Waals surface area contributed by atoms with E-state index in [9.17, 15) is 19.5 Å². The fourth-order valence-corrected chi connectivity index (χ4v) is 4.13. The summed E-state index contributed by atoms with van der Waals surface area (Å²) in [6.07, 6.45) is 9.50. The smallest absolute Gasteiger partial charge is 0.307 e. The SMILES string of the molecule is O=C(Nc1ccc(NC(=O)[C@H]2CC=CC[C@H]2C(=O)O)cc1Cl)C1CCCCC1. The molecule has 0 heterocycles. The third-order valence-corrected chi connectivity index (χ3v) is 5.87. The minimum Gasteiger partial charge on any atom is -0.481 e. The monoisotopic (exact) mass is 404 g/mol. The van der Waals surface area contributed by atoms with Crippen molar-refractivity contribution in [2.45, 2.75) is 44.9 Å². The quantitative estimate of drug-likeness (QED) is 0.631. The summed E-state index contributed by atoms with van der Waals surface area (Å²) in [5.74, 6) is -2.65. The molecule has 1 saturated carbocycles. The van der Waals surface area contributed by atoms with Gasteiger partial charge >= 0.3 is 5.97 Å². The van der Waals surface area contributed by atoms with Crippen molar-refractivity contribution < 1.29 is 19.5 Å². The summed E-state index contributed by atoms with van der Waals surface area (Å²) >= 11 is 6.29. The van der Waals surface area contributed by atoms with Crippen LogP contribution in [0.1, 0.15) is 44.9 Å². The van der Waals surface area contributed by atoms with Crippen LogP contribution in [0.4, 0.5) is 11.4 Å². The number of amides is 2. The van der Waals surface area contributed by atoms with Crippen molar-refractivity contribution in [1.29, 1.82) is 0 Å². The van der Waals surface area contributed by atoms with Crippen molar-refractivity contribution in [2.75, 3.05) is 10.6 Å². The molecule has 1 aromatic rings. The standard InChI is InChI=1S/C21H25ClN2O4/c22-17-12-14(23-20(26)15-8-4-5-9-16(15)21(27)28)10-11-18(17)24-19(25)13-6-2-1-3-7-13/h4-5,10-13,15-16H,1-3,6-9H2,(H,23,26)(H,24,25)(H,27,28)/t15-,16+/m0/s1. The highest BCUT2D eigenvalue weighted by Gasteiger charge is 2.34. The first-order valence-corrected chi connectivity index (χ1v) is 10.1. The largest absolute Gasteiger partial charge is 0.481 e. The minimum atomic E-state index is -0.969. The van der Waals surface area contributed by atoms with Crippen LogP contribution in [0.5, 0.6) is 0 Å². The van der Waals surface area contributed by atoms with Crippen LogP contribution in [0.25, 0.3) is 0 Å². The Labute approximate surface area is 169 Å². The summed E-state index contributed by atoms with van der Waals surface area (Å²) < 4.78 is 0. The number of carboxylic acid groups (broad SMARTS) is 1. The maximum absolute atomic E-state index is 12.5. The molecule has 1 aromatic carbocycles. The molecule has 0 radical (unpaired) electrons. The van der Waals surface area contributed by atoms with Gasteiger partial charge in [0.1, 0.15) is 0 Å². The van der Waals surface area contributed by atoms with Gasteiger partial charge in [0.05, 0.1) is 22.5 Å². The van der Waals surface area contributed by atoms with Gasteiger partial charge in [-0.3, -0.25) is 14.4 Å². The topological polar surface area (TPSA) is 95.5 Å². The number of aliphatic carboxylic acids is 1. The van der Waals surface area contributed by atoms with Gasteiger partial charge in [0.15, 0.2) is 0 Å². The number of anilines is 2. The molecular weight excluding hydrogens is 380 g/mol. The average molecular weight is 405 g/mol. The Morgan fingerprint density at radius 2 is 1.61 bits per heavy atom. The van der Waals surface area contributed by atoms with Crippen molar-refractivity contribution in [1.82, 2.24) is 0 Å². The summed E-state index contributed by atoms with van der Waals surface area (Å²) in [5, 5.41) is 15.3. The molecule has 0 unspecified atom stereocenters. The van der Waals surface area contributed by atoms with Gasteiger partial charge in [-0.15, -0.1) is 0 Å². The Bertz CT molecular complexity index is 787. The molecule has 2 aliphatic rings.